The third kappa shape index (κ3) is 5.29. The largest absolute Gasteiger partial charge is 0.497 e. The number of nitrogens with zero attached hydrogens (tertiary/aromatic N) is 3. The van der Waals surface area contributed by atoms with Crippen LogP contribution in [0.15, 0.2) is 54.6 Å². The molecule has 0 saturated carbocycles. The molecular weight excluding hydrogens is 394 g/mol. The van der Waals surface area contributed by atoms with Crippen LogP contribution in [0.2, 0.25) is 0 Å². The predicted octanol–water partition coefficient (Wildman–Crippen LogP) is 3.63. The molecule has 1 fully saturated rings. The number of hydrogen-bond donors (Lipinski definition) is 2. The van der Waals surface area contributed by atoms with Gasteiger partial charge < -0.3 is 25.0 Å². The van der Waals surface area contributed by atoms with Crippen molar-refractivity contribution in [3.8, 4) is 5.75 Å². The Morgan fingerprint density at radius 1 is 1.03 bits per heavy atom. The highest BCUT2D eigenvalue weighted by molar-refractivity contribution is 6.04. The van der Waals surface area contributed by atoms with Crippen LogP contribution in [0.3, 0.4) is 0 Å². The first kappa shape index (κ1) is 20.6. The van der Waals surface area contributed by atoms with Gasteiger partial charge in [-0.2, -0.15) is 4.98 Å². The topological polar surface area (TPSA) is 88.6 Å². The lowest BCUT2D eigenvalue weighted by atomic mass is 10.2. The van der Waals surface area contributed by atoms with E-state index in [2.05, 4.69) is 25.5 Å². The molecule has 31 heavy (non-hydrogen) atoms. The summed E-state index contributed by atoms with van der Waals surface area (Å²) in [5.74, 6) is 1.88. The van der Waals surface area contributed by atoms with Crippen LogP contribution in [0.4, 0.5) is 23.1 Å². The van der Waals surface area contributed by atoms with E-state index in [4.69, 9.17) is 9.47 Å². The number of aryl methyl sites for hydroxylation is 1. The van der Waals surface area contributed by atoms with Gasteiger partial charge in [0.1, 0.15) is 11.6 Å². The van der Waals surface area contributed by atoms with E-state index in [-0.39, 0.29) is 5.91 Å². The van der Waals surface area contributed by atoms with Gasteiger partial charge in [0.25, 0.3) is 5.91 Å². The predicted molar refractivity (Wildman–Crippen MR) is 120 cm³/mol. The van der Waals surface area contributed by atoms with Crippen LogP contribution in [0, 0.1) is 6.92 Å². The second-order valence-electron chi connectivity index (χ2n) is 7.18. The average Bonchev–Trinajstić information content (AvgIpc) is 2.80. The van der Waals surface area contributed by atoms with Gasteiger partial charge >= 0.3 is 0 Å². The summed E-state index contributed by atoms with van der Waals surface area (Å²) >= 11 is 0. The molecule has 0 aliphatic carbocycles. The van der Waals surface area contributed by atoms with Gasteiger partial charge in [0.05, 0.1) is 20.3 Å². The van der Waals surface area contributed by atoms with Crippen LogP contribution in [0.25, 0.3) is 0 Å². The van der Waals surface area contributed by atoms with Crippen molar-refractivity contribution in [1.82, 2.24) is 9.97 Å². The highest BCUT2D eigenvalue weighted by atomic mass is 16.5. The Bertz CT molecular complexity index is 1050. The normalized spacial score (nSPS) is 13.5. The molecule has 0 spiro atoms. The molecule has 8 heteroatoms. The van der Waals surface area contributed by atoms with E-state index in [0.717, 1.165) is 30.3 Å². The molecule has 0 atom stereocenters. The van der Waals surface area contributed by atoms with Crippen LogP contribution < -0.4 is 20.3 Å². The SMILES string of the molecule is COc1cccc(C(=O)Nc2ccc(Nc3cc(C)nc(N4CCOCC4)n3)cc2)c1. The minimum absolute atomic E-state index is 0.193. The summed E-state index contributed by atoms with van der Waals surface area (Å²) in [6, 6.07) is 16.4. The second kappa shape index (κ2) is 9.44. The Balaban J connectivity index is 1.42. The molecule has 2 heterocycles. The second-order valence-corrected chi connectivity index (χ2v) is 7.18. The van der Waals surface area contributed by atoms with Crippen molar-refractivity contribution < 1.29 is 14.3 Å². The molecule has 1 amide bonds. The zero-order valence-electron chi connectivity index (χ0n) is 17.6. The minimum Gasteiger partial charge on any atom is -0.497 e. The number of ether oxygens (including phenoxy) is 2. The van der Waals surface area contributed by atoms with Crippen LogP contribution >= 0.6 is 0 Å². The van der Waals surface area contributed by atoms with E-state index in [1.54, 1.807) is 31.4 Å². The molecule has 1 aliphatic rings. The summed E-state index contributed by atoms with van der Waals surface area (Å²) in [6.07, 6.45) is 0. The maximum Gasteiger partial charge on any atom is 0.255 e. The van der Waals surface area contributed by atoms with Crippen LogP contribution in [-0.2, 0) is 4.74 Å². The van der Waals surface area contributed by atoms with E-state index in [1.807, 2.05) is 37.3 Å². The van der Waals surface area contributed by atoms with Crippen molar-refractivity contribution in [3.05, 3.63) is 65.9 Å². The molecule has 2 aromatic carbocycles. The number of aromatic nitrogens is 2. The fourth-order valence-electron chi connectivity index (χ4n) is 3.27. The number of benzene rings is 2. The lowest BCUT2D eigenvalue weighted by molar-refractivity contribution is 0.102. The molecule has 1 aromatic heterocycles. The van der Waals surface area contributed by atoms with E-state index in [9.17, 15) is 4.79 Å². The highest BCUT2D eigenvalue weighted by Crippen LogP contribution is 2.21. The van der Waals surface area contributed by atoms with E-state index in [0.29, 0.717) is 36.2 Å². The van der Waals surface area contributed by atoms with Crippen molar-refractivity contribution in [2.24, 2.45) is 0 Å². The van der Waals surface area contributed by atoms with Crippen molar-refractivity contribution in [3.63, 3.8) is 0 Å². The molecule has 0 radical (unpaired) electrons. The maximum atomic E-state index is 12.5. The van der Waals surface area contributed by atoms with Gasteiger partial charge in [-0.15, -0.1) is 0 Å². The van der Waals surface area contributed by atoms with Gasteiger partial charge in [-0.3, -0.25) is 4.79 Å². The van der Waals surface area contributed by atoms with Gasteiger partial charge in [0.2, 0.25) is 5.95 Å². The van der Waals surface area contributed by atoms with Gasteiger partial charge in [0.15, 0.2) is 0 Å². The first-order chi connectivity index (χ1) is 15.1. The number of carbonyl (C=O) groups excluding carboxylic acids is 1. The fourth-order valence-corrected chi connectivity index (χ4v) is 3.27. The Kier molecular flexibility index (Phi) is 6.28. The summed E-state index contributed by atoms with van der Waals surface area (Å²) in [5.41, 5.74) is 2.99. The molecular formula is C23H25N5O3. The summed E-state index contributed by atoms with van der Waals surface area (Å²) in [4.78, 5) is 23.8. The molecule has 4 rings (SSSR count). The summed E-state index contributed by atoms with van der Waals surface area (Å²) in [7, 11) is 1.58. The summed E-state index contributed by atoms with van der Waals surface area (Å²) in [5, 5.41) is 6.21. The quantitative estimate of drug-likeness (QED) is 0.631. The Hall–Kier alpha value is -3.65. The Morgan fingerprint density at radius 3 is 2.52 bits per heavy atom. The van der Waals surface area contributed by atoms with Crippen molar-refractivity contribution >= 4 is 29.0 Å². The van der Waals surface area contributed by atoms with E-state index in [1.165, 1.54) is 0 Å². The van der Waals surface area contributed by atoms with Gasteiger partial charge in [-0.25, -0.2) is 4.98 Å². The molecule has 160 valence electrons. The molecule has 8 nitrogen and oxygen atoms in total. The number of anilines is 4. The van der Waals surface area contributed by atoms with Crippen molar-refractivity contribution in [2.45, 2.75) is 6.92 Å². The maximum absolute atomic E-state index is 12.5. The number of nitrogens with one attached hydrogen (secondary N) is 2. The number of amides is 1. The van der Waals surface area contributed by atoms with Crippen LogP contribution in [0.5, 0.6) is 5.75 Å². The zero-order chi connectivity index (χ0) is 21.6. The Labute approximate surface area is 181 Å². The van der Waals surface area contributed by atoms with E-state index < -0.39 is 0 Å². The lowest BCUT2D eigenvalue weighted by Crippen LogP contribution is -2.37. The third-order valence-corrected chi connectivity index (χ3v) is 4.88. The number of rotatable bonds is 6. The highest BCUT2D eigenvalue weighted by Gasteiger charge is 2.15. The molecule has 0 bridgehead atoms. The average molecular weight is 419 g/mol. The van der Waals surface area contributed by atoms with E-state index >= 15 is 0 Å². The number of carbonyl (C=O) groups is 1. The Morgan fingerprint density at radius 2 is 1.77 bits per heavy atom. The van der Waals surface area contributed by atoms with Gasteiger partial charge in [0, 0.05) is 41.8 Å². The monoisotopic (exact) mass is 419 g/mol. The smallest absolute Gasteiger partial charge is 0.255 e. The minimum atomic E-state index is -0.193. The number of methoxy groups -OCH3 is 1. The molecule has 1 aliphatic heterocycles. The van der Waals surface area contributed by atoms with Gasteiger partial charge in [-0.05, 0) is 49.4 Å². The number of morpholine rings is 1. The lowest BCUT2D eigenvalue weighted by Gasteiger charge is -2.27. The molecule has 3 aromatic rings. The van der Waals surface area contributed by atoms with Crippen LogP contribution in [0.1, 0.15) is 16.1 Å². The van der Waals surface area contributed by atoms with Crippen LogP contribution in [-0.4, -0.2) is 49.3 Å². The van der Waals surface area contributed by atoms with Crippen molar-refractivity contribution in [1.29, 1.82) is 0 Å². The summed E-state index contributed by atoms with van der Waals surface area (Å²) < 4.78 is 10.6. The fraction of sp³-hybridized carbons (Fsp3) is 0.261. The molecule has 0 unspecified atom stereocenters. The number of hydrogen-bond acceptors (Lipinski definition) is 7. The standard InChI is InChI=1S/C23H25N5O3/c1-16-14-21(27-23(24-16)28-10-12-31-13-11-28)25-18-6-8-19(9-7-18)26-22(29)17-4-3-5-20(15-17)30-2/h3-9,14-15H,10-13H2,1-2H3,(H,26,29)(H,24,25,27). The summed E-state index contributed by atoms with van der Waals surface area (Å²) in [6.45, 7) is 4.88. The third-order valence-electron chi connectivity index (χ3n) is 4.88. The first-order valence-corrected chi connectivity index (χ1v) is 10.1. The van der Waals surface area contributed by atoms with Gasteiger partial charge in [-0.1, -0.05) is 6.07 Å². The first-order valence-electron chi connectivity index (χ1n) is 10.1. The van der Waals surface area contributed by atoms with Crippen molar-refractivity contribution in [2.75, 3.05) is 48.9 Å². The molecule has 1 saturated heterocycles. The molecule has 2 N–H and O–H groups in total. The zero-order valence-corrected chi connectivity index (χ0v) is 17.6.